The van der Waals surface area contributed by atoms with E-state index >= 15 is 0 Å². The number of thiophene rings is 1. The summed E-state index contributed by atoms with van der Waals surface area (Å²) in [6.07, 6.45) is 0. The molecule has 1 aromatic carbocycles. The Kier molecular flexibility index (Phi) is 6.23. The molecule has 0 spiro atoms. The lowest BCUT2D eigenvalue weighted by molar-refractivity contribution is 0.0341. The van der Waals surface area contributed by atoms with E-state index in [2.05, 4.69) is 50.9 Å². The summed E-state index contributed by atoms with van der Waals surface area (Å²) in [5.41, 5.74) is 8.53. The quantitative estimate of drug-likeness (QED) is 0.623. The van der Waals surface area contributed by atoms with Crippen LogP contribution in [0.3, 0.4) is 0 Å². The number of guanidine groups is 1. The summed E-state index contributed by atoms with van der Waals surface area (Å²) in [7, 11) is 0. The van der Waals surface area contributed by atoms with Gasteiger partial charge in [-0.1, -0.05) is 30.3 Å². The molecule has 0 bridgehead atoms. The first-order valence-electron chi connectivity index (χ1n) is 8.24. The van der Waals surface area contributed by atoms with E-state index in [1.165, 1.54) is 16.0 Å². The Hall–Kier alpha value is -1.89. The molecule has 1 fully saturated rings. The molecule has 2 aromatic rings. The minimum Gasteiger partial charge on any atom is -0.379 e. The molecule has 0 aliphatic carbocycles. The van der Waals surface area contributed by atoms with Crippen LogP contribution in [0.4, 0.5) is 0 Å². The molecule has 3 N–H and O–H groups in total. The number of morpholine rings is 1. The third kappa shape index (κ3) is 5.06. The fourth-order valence-corrected chi connectivity index (χ4v) is 3.33. The van der Waals surface area contributed by atoms with E-state index in [0.29, 0.717) is 12.5 Å². The Labute approximate surface area is 147 Å². The zero-order chi connectivity index (χ0) is 16.6. The minimum absolute atomic E-state index is 0.490. The van der Waals surface area contributed by atoms with Crippen LogP contribution in [0.2, 0.25) is 0 Å². The molecular weight excluding hydrogens is 320 g/mol. The lowest BCUT2D eigenvalue weighted by atomic mass is 10.1. The molecule has 0 saturated carbocycles. The standard InChI is InChI=1S/C18H24N4OS/c19-18(21-13-17-6-3-11-24-17)20-12-15-4-1-2-5-16(15)14-22-7-9-23-10-8-22/h1-6,11H,7-10,12-14H2,(H3,19,20,21). The topological polar surface area (TPSA) is 62.9 Å². The second-order valence-corrected chi connectivity index (χ2v) is 6.82. The first-order chi connectivity index (χ1) is 11.8. The molecule has 128 valence electrons. The van der Waals surface area contributed by atoms with Crippen LogP contribution in [0.15, 0.2) is 46.8 Å². The molecule has 5 nitrogen and oxygen atoms in total. The van der Waals surface area contributed by atoms with Crippen molar-refractivity contribution in [1.29, 1.82) is 0 Å². The lowest BCUT2D eigenvalue weighted by Gasteiger charge is -2.27. The van der Waals surface area contributed by atoms with E-state index in [0.717, 1.165) is 39.4 Å². The van der Waals surface area contributed by atoms with E-state index in [1.807, 2.05) is 6.07 Å². The Morgan fingerprint density at radius 1 is 1.17 bits per heavy atom. The molecule has 0 radical (unpaired) electrons. The van der Waals surface area contributed by atoms with E-state index in [1.54, 1.807) is 11.3 Å². The van der Waals surface area contributed by atoms with Crippen LogP contribution in [0.5, 0.6) is 0 Å². The number of nitrogens with zero attached hydrogens (tertiary/aromatic N) is 2. The van der Waals surface area contributed by atoms with Gasteiger partial charge in [0.15, 0.2) is 5.96 Å². The van der Waals surface area contributed by atoms with Crippen LogP contribution < -0.4 is 11.1 Å². The van der Waals surface area contributed by atoms with Crippen molar-refractivity contribution in [2.75, 3.05) is 26.3 Å². The fourth-order valence-electron chi connectivity index (χ4n) is 2.68. The summed E-state index contributed by atoms with van der Waals surface area (Å²) in [5.74, 6) is 0.490. The molecule has 1 aliphatic heterocycles. The number of ether oxygens (including phenoxy) is 1. The van der Waals surface area contributed by atoms with E-state index in [4.69, 9.17) is 10.5 Å². The number of nitrogens with two attached hydrogens (primary N) is 1. The first-order valence-corrected chi connectivity index (χ1v) is 9.12. The Morgan fingerprint density at radius 2 is 1.96 bits per heavy atom. The Morgan fingerprint density at radius 3 is 2.71 bits per heavy atom. The molecule has 0 unspecified atom stereocenters. The van der Waals surface area contributed by atoms with Gasteiger partial charge in [-0.05, 0) is 22.6 Å². The fraction of sp³-hybridized carbons (Fsp3) is 0.389. The van der Waals surface area contributed by atoms with Crippen molar-refractivity contribution in [3.05, 3.63) is 57.8 Å². The van der Waals surface area contributed by atoms with E-state index < -0.39 is 0 Å². The molecule has 0 amide bonds. The van der Waals surface area contributed by atoms with Gasteiger partial charge in [-0.2, -0.15) is 0 Å². The molecule has 24 heavy (non-hydrogen) atoms. The van der Waals surface area contributed by atoms with Crippen molar-refractivity contribution in [1.82, 2.24) is 10.2 Å². The summed E-state index contributed by atoms with van der Waals surface area (Å²) < 4.78 is 5.42. The maximum atomic E-state index is 5.99. The van der Waals surface area contributed by atoms with Crippen molar-refractivity contribution in [2.24, 2.45) is 10.7 Å². The molecule has 1 saturated heterocycles. The second-order valence-electron chi connectivity index (χ2n) is 5.79. The Balaban J connectivity index is 1.56. The molecule has 0 atom stereocenters. The van der Waals surface area contributed by atoms with Gasteiger partial charge in [-0.15, -0.1) is 11.3 Å². The highest BCUT2D eigenvalue weighted by Crippen LogP contribution is 2.14. The van der Waals surface area contributed by atoms with Crippen LogP contribution >= 0.6 is 11.3 Å². The van der Waals surface area contributed by atoms with Crippen LogP contribution in [-0.4, -0.2) is 37.2 Å². The van der Waals surface area contributed by atoms with Gasteiger partial charge in [0, 0.05) is 24.5 Å². The predicted octanol–water partition coefficient (Wildman–Crippen LogP) is 2.18. The normalized spacial score (nSPS) is 16.2. The van der Waals surface area contributed by atoms with Crippen molar-refractivity contribution in [3.8, 4) is 0 Å². The summed E-state index contributed by atoms with van der Waals surface area (Å²) in [6.45, 7) is 5.88. The van der Waals surface area contributed by atoms with E-state index in [9.17, 15) is 0 Å². The lowest BCUT2D eigenvalue weighted by Crippen LogP contribution is -2.35. The van der Waals surface area contributed by atoms with Gasteiger partial charge < -0.3 is 15.8 Å². The minimum atomic E-state index is 0.490. The van der Waals surface area contributed by atoms with Gasteiger partial charge >= 0.3 is 0 Å². The molecule has 1 aliphatic rings. The molecule has 1 aromatic heterocycles. The van der Waals surface area contributed by atoms with E-state index in [-0.39, 0.29) is 0 Å². The maximum absolute atomic E-state index is 5.99. The summed E-state index contributed by atoms with van der Waals surface area (Å²) in [4.78, 5) is 8.16. The molecular formula is C18H24N4OS. The van der Waals surface area contributed by atoms with Gasteiger partial charge in [-0.25, -0.2) is 4.99 Å². The van der Waals surface area contributed by atoms with Gasteiger partial charge in [0.05, 0.1) is 26.3 Å². The smallest absolute Gasteiger partial charge is 0.189 e. The SMILES string of the molecule is NC(=NCc1ccccc1CN1CCOCC1)NCc1cccs1. The van der Waals surface area contributed by atoms with Gasteiger partial charge in [0.2, 0.25) is 0 Å². The monoisotopic (exact) mass is 344 g/mol. The summed E-state index contributed by atoms with van der Waals surface area (Å²) >= 11 is 1.71. The number of hydrogen-bond acceptors (Lipinski definition) is 4. The maximum Gasteiger partial charge on any atom is 0.189 e. The summed E-state index contributed by atoms with van der Waals surface area (Å²) in [6, 6.07) is 12.6. The third-order valence-electron chi connectivity index (χ3n) is 4.06. The van der Waals surface area contributed by atoms with Gasteiger partial charge in [0.1, 0.15) is 0 Å². The Bertz CT molecular complexity index is 651. The van der Waals surface area contributed by atoms with Crippen LogP contribution in [-0.2, 0) is 24.4 Å². The molecule has 3 rings (SSSR count). The number of aliphatic imine (C=N–C) groups is 1. The van der Waals surface area contributed by atoms with Gasteiger partial charge in [0.25, 0.3) is 0 Å². The van der Waals surface area contributed by atoms with Crippen molar-refractivity contribution in [3.63, 3.8) is 0 Å². The van der Waals surface area contributed by atoms with Crippen LogP contribution in [0.1, 0.15) is 16.0 Å². The van der Waals surface area contributed by atoms with Crippen LogP contribution in [0.25, 0.3) is 0 Å². The number of hydrogen-bond donors (Lipinski definition) is 2. The van der Waals surface area contributed by atoms with Gasteiger partial charge in [-0.3, -0.25) is 4.90 Å². The molecule has 6 heteroatoms. The predicted molar refractivity (Wildman–Crippen MR) is 99.0 cm³/mol. The highest BCUT2D eigenvalue weighted by atomic mass is 32.1. The number of rotatable bonds is 6. The van der Waals surface area contributed by atoms with Crippen LogP contribution in [0, 0.1) is 0 Å². The average Bonchev–Trinajstić information content (AvgIpc) is 3.14. The largest absolute Gasteiger partial charge is 0.379 e. The second kappa shape index (κ2) is 8.82. The van der Waals surface area contributed by atoms with Crippen molar-refractivity contribution in [2.45, 2.75) is 19.6 Å². The first kappa shape index (κ1) is 17.0. The third-order valence-corrected chi connectivity index (χ3v) is 4.94. The van der Waals surface area contributed by atoms with Crippen molar-refractivity contribution >= 4 is 17.3 Å². The highest BCUT2D eigenvalue weighted by Gasteiger charge is 2.12. The summed E-state index contributed by atoms with van der Waals surface area (Å²) in [5, 5.41) is 5.23. The van der Waals surface area contributed by atoms with Crippen molar-refractivity contribution < 1.29 is 4.74 Å². The number of nitrogens with one attached hydrogen (secondary N) is 1. The zero-order valence-corrected chi connectivity index (χ0v) is 14.6. The zero-order valence-electron chi connectivity index (χ0n) is 13.8. The molecule has 2 heterocycles. The average molecular weight is 344 g/mol. The number of benzene rings is 1. The highest BCUT2D eigenvalue weighted by molar-refractivity contribution is 7.09.